The molecule has 9 aromatic rings. The number of aliphatic imine (C=N–C) groups is 1. The zero-order chi connectivity index (χ0) is 31.6. The van der Waals surface area contributed by atoms with Crippen LogP contribution < -0.4 is 10.6 Å². The van der Waals surface area contributed by atoms with Crippen molar-refractivity contribution >= 4 is 60.5 Å². The van der Waals surface area contributed by atoms with Gasteiger partial charge in [-0.15, -0.1) is 0 Å². The van der Waals surface area contributed by atoms with E-state index in [1.54, 1.807) is 0 Å². The molecule has 0 saturated heterocycles. The average molecular weight is 621 g/mol. The molecule has 6 nitrogen and oxygen atoms in total. The lowest BCUT2D eigenvalue weighted by Crippen LogP contribution is -2.45. The highest BCUT2D eigenvalue weighted by Crippen LogP contribution is 2.40. The van der Waals surface area contributed by atoms with Crippen molar-refractivity contribution in [2.45, 2.75) is 12.3 Å². The summed E-state index contributed by atoms with van der Waals surface area (Å²) in [5.41, 5.74) is 8.58. The van der Waals surface area contributed by atoms with Gasteiger partial charge in [-0.2, -0.15) is 0 Å². The van der Waals surface area contributed by atoms with E-state index in [1.165, 1.54) is 0 Å². The maximum absolute atomic E-state index is 6.27. The second kappa shape index (κ2) is 10.7. The number of hydrogen-bond donors (Lipinski definition) is 2. The van der Waals surface area contributed by atoms with E-state index in [0.717, 1.165) is 88.4 Å². The van der Waals surface area contributed by atoms with Gasteiger partial charge in [0.2, 0.25) is 0 Å². The summed E-state index contributed by atoms with van der Waals surface area (Å²) in [7, 11) is 0. The Morgan fingerprint density at radius 3 is 1.88 bits per heavy atom. The monoisotopic (exact) mass is 620 g/mol. The molecule has 2 unspecified atom stereocenters. The molecule has 0 bridgehead atoms. The van der Waals surface area contributed by atoms with Crippen LogP contribution in [0.4, 0.5) is 0 Å². The molecule has 0 radical (unpaired) electrons. The lowest BCUT2D eigenvalue weighted by molar-refractivity contribution is 0.411. The summed E-state index contributed by atoms with van der Waals surface area (Å²) in [6.07, 6.45) is 1.32. The van der Waals surface area contributed by atoms with E-state index >= 15 is 0 Å². The van der Waals surface area contributed by atoms with Gasteiger partial charge in [0.15, 0.2) is 0 Å². The molecular weight excluding hydrogens is 592 g/mol. The molecule has 2 N–H and O–H groups in total. The van der Waals surface area contributed by atoms with Crippen LogP contribution in [0.2, 0.25) is 0 Å². The van der Waals surface area contributed by atoms with Crippen molar-refractivity contribution in [3.63, 3.8) is 0 Å². The average Bonchev–Trinajstić information content (AvgIpc) is 3.73. The van der Waals surface area contributed by atoms with Crippen molar-refractivity contribution in [2.75, 3.05) is 0 Å². The van der Waals surface area contributed by atoms with Crippen LogP contribution in [0.25, 0.3) is 65.9 Å². The molecule has 3 aromatic heterocycles. The predicted molar refractivity (Wildman–Crippen MR) is 193 cm³/mol. The molecule has 0 aliphatic carbocycles. The number of pyridine rings is 1. The molecule has 0 saturated carbocycles. The van der Waals surface area contributed by atoms with Crippen molar-refractivity contribution < 1.29 is 8.83 Å². The Labute approximate surface area is 275 Å². The normalized spacial score (nSPS) is 16.5. The molecule has 10 rings (SSSR count). The molecule has 1 aliphatic rings. The first-order valence-electron chi connectivity index (χ1n) is 16.1. The van der Waals surface area contributed by atoms with E-state index in [9.17, 15) is 0 Å². The first-order chi connectivity index (χ1) is 23.8. The zero-order valence-electron chi connectivity index (χ0n) is 25.7. The molecule has 4 heterocycles. The minimum atomic E-state index is -0.331. The lowest BCUT2D eigenvalue weighted by atomic mass is 9.94. The van der Waals surface area contributed by atoms with E-state index in [1.807, 2.05) is 60.8 Å². The fraction of sp³-hybridized carbons (Fsp3) is 0.0476. The van der Waals surface area contributed by atoms with Crippen LogP contribution in [-0.2, 0) is 0 Å². The van der Waals surface area contributed by atoms with E-state index in [-0.39, 0.29) is 12.3 Å². The second-order valence-corrected chi connectivity index (χ2v) is 12.2. The van der Waals surface area contributed by atoms with Gasteiger partial charge in [0.1, 0.15) is 40.5 Å². The third-order valence-electron chi connectivity index (χ3n) is 9.45. The molecule has 48 heavy (non-hydrogen) atoms. The Bertz CT molecular complexity index is 2710. The molecule has 2 atom stereocenters. The summed E-state index contributed by atoms with van der Waals surface area (Å²) in [4.78, 5) is 10.3. The number of aromatic nitrogens is 1. The number of rotatable bonds is 4. The summed E-state index contributed by atoms with van der Waals surface area (Å²) in [5, 5.41) is 14.0. The summed E-state index contributed by atoms with van der Waals surface area (Å²) in [6, 6.07) is 47.8. The number of nitrogens with zero attached hydrogens (tertiary/aromatic N) is 2. The Morgan fingerprint density at radius 2 is 1.10 bits per heavy atom. The molecule has 0 amide bonds. The van der Waals surface area contributed by atoms with Gasteiger partial charge in [0.25, 0.3) is 0 Å². The molecule has 1 aliphatic heterocycles. The highest BCUT2D eigenvalue weighted by molar-refractivity contribution is 6.17. The van der Waals surface area contributed by atoms with Gasteiger partial charge >= 0.3 is 0 Å². The van der Waals surface area contributed by atoms with E-state index in [2.05, 4.69) is 95.6 Å². The van der Waals surface area contributed by atoms with E-state index < -0.39 is 0 Å². The number of para-hydroxylation sites is 2. The van der Waals surface area contributed by atoms with E-state index in [0.29, 0.717) is 0 Å². The van der Waals surface area contributed by atoms with Gasteiger partial charge in [-0.1, -0.05) is 109 Å². The standard InChI is InChI=1S/C42H28N4O2/c1-2-11-25(12-3-1)40-44-41(46-42(45-40)32-17-10-20-35-37(32)30-15-6-8-18-33(30)47-35)29-22-21-28(26-13-4-5-14-27(26)29)39-38-31-16-7-9-19-34(31)48-36(38)23-24-43-39/h1-24,40,42,45H,(H,44,46). The first-order valence-corrected chi connectivity index (χ1v) is 16.1. The summed E-state index contributed by atoms with van der Waals surface area (Å²) in [6.45, 7) is 0. The lowest BCUT2D eigenvalue weighted by Gasteiger charge is -2.32. The van der Waals surface area contributed by atoms with Gasteiger partial charge < -0.3 is 14.2 Å². The molecular formula is C42H28N4O2. The van der Waals surface area contributed by atoms with Crippen molar-refractivity contribution in [1.82, 2.24) is 15.6 Å². The van der Waals surface area contributed by atoms with Crippen molar-refractivity contribution in [3.05, 3.63) is 162 Å². The number of amidine groups is 1. The van der Waals surface area contributed by atoms with Gasteiger partial charge in [0.05, 0.1) is 11.1 Å². The number of furan rings is 2. The Hall–Kier alpha value is -6.24. The van der Waals surface area contributed by atoms with Crippen molar-refractivity contribution in [2.24, 2.45) is 4.99 Å². The molecule has 0 spiro atoms. The number of nitrogens with one attached hydrogen (secondary N) is 2. The van der Waals surface area contributed by atoms with Crippen LogP contribution in [0.1, 0.15) is 29.0 Å². The fourth-order valence-electron chi connectivity index (χ4n) is 7.29. The summed E-state index contributed by atoms with van der Waals surface area (Å²) >= 11 is 0. The fourth-order valence-corrected chi connectivity index (χ4v) is 7.29. The zero-order valence-corrected chi connectivity index (χ0v) is 25.7. The third kappa shape index (κ3) is 4.16. The largest absolute Gasteiger partial charge is 0.456 e. The second-order valence-electron chi connectivity index (χ2n) is 12.2. The van der Waals surface area contributed by atoms with Crippen LogP contribution in [0.5, 0.6) is 0 Å². The SMILES string of the molecule is c1ccc(C2NC(c3ccc(-c4nccc5oc6ccccc6c45)c4ccccc34)=NC(c3cccc4oc5ccccc5c34)N2)cc1. The van der Waals surface area contributed by atoms with Crippen molar-refractivity contribution in [1.29, 1.82) is 0 Å². The molecule has 0 fully saturated rings. The highest BCUT2D eigenvalue weighted by atomic mass is 16.3. The smallest absolute Gasteiger partial charge is 0.139 e. The maximum Gasteiger partial charge on any atom is 0.139 e. The van der Waals surface area contributed by atoms with Crippen LogP contribution >= 0.6 is 0 Å². The van der Waals surface area contributed by atoms with Crippen LogP contribution in [0.3, 0.4) is 0 Å². The summed E-state index contributed by atoms with van der Waals surface area (Å²) < 4.78 is 12.5. The highest BCUT2D eigenvalue weighted by Gasteiger charge is 2.28. The number of benzene rings is 6. The Balaban J connectivity index is 1.18. The van der Waals surface area contributed by atoms with Crippen molar-refractivity contribution in [3.8, 4) is 11.3 Å². The number of hydrogen-bond acceptors (Lipinski definition) is 6. The van der Waals surface area contributed by atoms with Gasteiger partial charge in [-0.05, 0) is 46.7 Å². The van der Waals surface area contributed by atoms with Gasteiger partial charge in [0, 0.05) is 39.0 Å². The minimum Gasteiger partial charge on any atom is -0.456 e. The predicted octanol–water partition coefficient (Wildman–Crippen LogP) is 10.0. The van der Waals surface area contributed by atoms with Crippen LogP contribution in [-0.4, -0.2) is 10.8 Å². The third-order valence-corrected chi connectivity index (χ3v) is 9.45. The maximum atomic E-state index is 6.27. The first kappa shape index (κ1) is 26.9. The molecule has 228 valence electrons. The Kier molecular flexibility index (Phi) is 5.98. The number of fused-ring (bicyclic) bond motifs is 7. The quantitative estimate of drug-likeness (QED) is 0.205. The molecule has 6 aromatic carbocycles. The van der Waals surface area contributed by atoms with E-state index in [4.69, 9.17) is 18.8 Å². The molecule has 6 heteroatoms. The van der Waals surface area contributed by atoms with Gasteiger partial charge in [-0.3, -0.25) is 10.3 Å². The van der Waals surface area contributed by atoms with Crippen LogP contribution in [0.15, 0.2) is 160 Å². The summed E-state index contributed by atoms with van der Waals surface area (Å²) in [5.74, 6) is 0.820. The van der Waals surface area contributed by atoms with Gasteiger partial charge in [-0.25, -0.2) is 4.99 Å². The Morgan fingerprint density at radius 1 is 0.500 bits per heavy atom. The topological polar surface area (TPSA) is 75.6 Å². The minimum absolute atomic E-state index is 0.178. The van der Waals surface area contributed by atoms with Crippen LogP contribution in [0, 0.1) is 0 Å².